The highest BCUT2D eigenvalue weighted by Gasteiger charge is 2.14. The number of nitrogens with one attached hydrogen (secondary N) is 1. The zero-order valence-corrected chi connectivity index (χ0v) is 11.6. The van der Waals surface area contributed by atoms with Crippen LogP contribution in [0.5, 0.6) is 0 Å². The summed E-state index contributed by atoms with van der Waals surface area (Å²) >= 11 is 0. The fraction of sp³-hybridized carbons (Fsp3) is 0.429. The Kier molecular flexibility index (Phi) is 5.34. The van der Waals surface area contributed by atoms with Crippen molar-refractivity contribution in [2.45, 2.75) is 26.3 Å². The lowest BCUT2D eigenvalue weighted by atomic mass is 10.1. The van der Waals surface area contributed by atoms with Crippen LogP contribution in [0.1, 0.15) is 18.9 Å². The highest BCUT2D eigenvalue weighted by molar-refractivity contribution is 5.96. The summed E-state index contributed by atoms with van der Waals surface area (Å²) in [5, 5.41) is 11.5. The zero-order chi connectivity index (χ0) is 14.4. The molecular formula is C14H20N4O. The minimum atomic E-state index is -0.131. The molecule has 0 aliphatic carbocycles. The van der Waals surface area contributed by atoms with Crippen LogP contribution in [0.2, 0.25) is 0 Å². The number of rotatable bonds is 5. The van der Waals surface area contributed by atoms with Gasteiger partial charge in [0.1, 0.15) is 0 Å². The van der Waals surface area contributed by atoms with Crippen molar-refractivity contribution in [1.82, 2.24) is 4.90 Å². The molecule has 5 heteroatoms. The summed E-state index contributed by atoms with van der Waals surface area (Å²) in [5.41, 5.74) is 7.99. The van der Waals surface area contributed by atoms with E-state index in [4.69, 9.17) is 11.0 Å². The first kappa shape index (κ1) is 15.0. The van der Waals surface area contributed by atoms with Gasteiger partial charge in [-0.25, -0.2) is 0 Å². The van der Waals surface area contributed by atoms with Crippen LogP contribution < -0.4 is 11.1 Å². The van der Waals surface area contributed by atoms with Crippen molar-refractivity contribution in [2.75, 3.05) is 24.6 Å². The van der Waals surface area contributed by atoms with E-state index in [1.165, 1.54) is 0 Å². The molecule has 0 saturated heterocycles. The third-order valence-corrected chi connectivity index (χ3v) is 3.10. The van der Waals surface area contributed by atoms with Crippen LogP contribution in [-0.2, 0) is 4.79 Å². The average molecular weight is 260 g/mol. The molecule has 0 spiro atoms. The number of nitrogen functional groups attached to an aromatic ring is 1. The summed E-state index contributed by atoms with van der Waals surface area (Å²) < 4.78 is 0. The lowest BCUT2D eigenvalue weighted by molar-refractivity contribution is -0.117. The van der Waals surface area contributed by atoms with Gasteiger partial charge in [0.05, 0.1) is 30.4 Å². The lowest BCUT2D eigenvalue weighted by Gasteiger charge is -2.22. The van der Waals surface area contributed by atoms with E-state index in [0.29, 0.717) is 17.8 Å². The first-order valence-corrected chi connectivity index (χ1v) is 6.17. The number of nitrogens with zero attached hydrogens (tertiary/aromatic N) is 2. The largest absolute Gasteiger partial charge is 0.397 e. The molecule has 102 valence electrons. The van der Waals surface area contributed by atoms with E-state index in [1.807, 2.05) is 37.9 Å². The van der Waals surface area contributed by atoms with Crippen molar-refractivity contribution < 1.29 is 4.79 Å². The van der Waals surface area contributed by atoms with Crippen molar-refractivity contribution in [3.05, 3.63) is 23.8 Å². The van der Waals surface area contributed by atoms with Gasteiger partial charge >= 0.3 is 0 Å². The molecule has 1 amide bonds. The number of hydrogen-bond donors (Lipinski definition) is 2. The SMILES string of the molecule is Cc1cccc(N)c1NC(=O)CN(C)C(C)CC#N. The molecule has 0 saturated carbocycles. The summed E-state index contributed by atoms with van der Waals surface area (Å²) in [6.07, 6.45) is 0.399. The van der Waals surface area contributed by atoms with Gasteiger partial charge in [-0.15, -0.1) is 0 Å². The van der Waals surface area contributed by atoms with E-state index in [2.05, 4.69) is 11.4 Å². The maximum atomic E-state index is 11.9. The topological polar surface area (TPSA) is 82.2 Å². The van der Waals surface area contributed by atoms with E-state index in [0.717, 1.165) is 5.56 Å². The quantitative estimate of drug-likeness (QED) is 0.790. The molecular weight excluding hydrogens is 240 g/mol. The van der Waals surface area contributed by atoms with Crippen LogP contribution in [0.4, 0.5) is 11.4 Å². The predicted octanol–water partition coefficient (Wildman–Crippen LogP) is 1.75. The number of benzene rings is 1. The fourth-order valence-electron chi connectivity index (χ4n) is 1.71. The molecule has 0 radical (unpaired) electrons. The summed E-state index contributed by atoms with van der Waals surface area (Å²) in [7, 11) is 1.82. The number of likely N-dealkylation sites (N-methyl/N-ethyl adjacent to an activating group) is 1. The molecule has 0 fully saturated rings. The minimum Gasteiger partial charge on any atom is -0.397 e. The Hall–Kier alpha value is -2.06. The second kappa shape index (κ2) is 6.76. The van der Waals surface area contributed by atoms with E-state index >= 15 is 0 Å². The van der Waals surface area contributed by atoms with Crippen LogP contribution >= 0.6 is 0 Å². The maximum absolute atomic E-state index is 11.9. The first-order chi connectivity index (χ1) is 8.95. The number of para-hydroxylation sites is 1. The number of nitriles is 1. The summed E-state index contributed by atoms with van der Waals surface area (Å²) in [5.74, 6) is -0.131. The van der Waals surface area contributed by atoms with Crippen molar-refractivity contribution in [3.8, 4) is 6.07 Å². The van der Waals surface area contributed by atoms with E-state index < -0.39 is 0 Å². The van der Waals surface area contributed by atoms with Crippen molar-refractivity contribution in [2.24, 2.45) is 0 Å². The maximum Gasteiger partial charge on any atom is 0.238 e. The minimum absolute atomic E-state index is 0.0463. The van der Waals surface area contributed by atoms with Gasteiger partial charge in [-0.3, -0.25) is 9.69 Å². The molecule has 1 aromatic carbocycles. The van der Waals surface area contributed by atoms with Gasteiger partial charge in [0, 0.05) is 6.04 Å². The van der Waals surface area contributed by atoms with Gasteiger partial charge in [0.2, 0.25) is 5.91 Å². The van der Waals surface area contributed by atoms with Gasteiger partial charge in [0.25, 0.3) is 0 Å². The van der Waals surface area contributed by atoms with Crippen LogP contribution in [0.3, 0.4) is 0 Å². The Balaban J connectivity index is 2.64. The number of nitrogens with two attached hydrogens (primary N) is 1. The molecule has 0 aromatic heterocycles. The summed E-state index contributed by atoms with van der Waals surface area (Å²) in [6, 6.07) is 7.64. The second-order valence-electron chi connectivity index (χ2n) is 4.71. The van der Waals surface area contributed by atoms with Gasteiger partial charge in [0.15, 0.2) is 0 Å². The van der Waals surface area contributed by atoms with E-state index in [9.17, 15) is 4.79 Å². The molecule has 0 heterocycles. The van der Waals surface area contributed by atoms with Gasteiger partial charge in [-0.1, -0.05) is 12.1 Å². The molecule has 19 heavy (non-hydrogen) atoms. The van der Waals surface area contributed by atoms with Gasteiger partial charge in [-0.2, -0.15) is 5.26 Å². The average Bonchev–Trinajstić information content (AvgIpc) is 2.34. The highest BCUT2D eigenvalue weighted by Crippen LogP contribution is 2.22. The highest BCUT2D eigenvalue weighted by atomic mass is 16.2. The zero-order valence-electron chi connectivity index (χ0n) is 11.6. The van der Waals surface area contributed by atoms with Crippen LogP contribution in [-0.4, -0.2) is 30.4 Å². The standard InChI is InChI=1S/C14H20N4O/c1-10-5-4-6-12(16)14(10)17-13(19)9-18(3)11(2)7-8-15/h4-6,11H,7,9,16H2,1-3H3,(H,17,19). The third kappa shape index (κ3) is 4.27. The van der Waals surface area contributed by atoms with Crippen LogP contribution in [0.25, 0.3) is 0 Å². The predicted molar refractivity (Wildman–Crippen MR) is 76.5 cm³/mol. The van der Waals surface area contributed by atoms with E-state index in [1.54, 1.807) is 6.07 Å². The summed E-state index contributed by atoms with van der Waals surface area (Å²) in [6.45, 7) is 4.04. The molecule has 0 aliphatic heterocycles. The number of amides is 1. The molecule has 3 N–H and O–H groups in total. The first-order valence-electron chi connectivity index (χ1n) is 6.17. The third-order valence-electron chi connectivity index (χ3n) is 3.10. The number of aryl methyl sites for hydroxylation is 1. The number of carbonyl (C=O) groups is 1. The number of carbonyl (C=O) groups excluding carboxylic acids is 1. The molecule has 1 atom stereocenters. The Morgan fingerprint density at radius 3 is 2.84 bits per heavy atom. The second-order valence-corrected chi connectivity index (χ2v) is 4.71. The Bertz CT molecular complexity index is 472. The molecule has 1 rings (SSSR count). The van der Waals surface area contributed by atoms with Gasteiger partial charge < -0.3 is 11.1 Å². The van der Waals surface area contributed by atoms with Crippen LogP contribution in [0.15, 0.2) is 18.2 Å². The number of anilines is 2. The Labute approximate surface area is 114 Å². The van der Waals surface area contributed by atoms with Crippen LogP contribution in [0, 0.1) is 18.3 Å². The van der Waals surface area contributed by atoms with Crippen molar-refractivity contribution in [1.29, 1.82) is 5.26 Å². The summed E-state index contributed by atoms with van der Waals surface area (Å²) in [4.78, 5) is 13.8. The monoisotopic (exact) mass is 260 g/mol. The molecule has 0 aliphatic rings. The fourth-order valence-corrected chi connectivity index (χ4v) is 1.71. The van der Waals surface area contributed by atoms with Gasteiger partial charge in [-0.05, 0) is 32.5 Å². The Morgan fingerprint density at radius 1 is 1.58 bits per heavy atom. The lowest BCUT2D eigenvalue weighted by Crippen LogP contribution is -2.36. The molecule has 1 unspecified atom stereocenters. The normalized spacial score (nSPS) is 11.9. The molecule has 0 bridgehead atoms. The van der Waals surface area contributed by atoms with Crippen molar-refractivity contribution >= 4 is 17.3 Å². The van der Waals surface area contributed by atoms with E-state index in [-0.39, 0.29) is 18.5 Å². The molecule has 1 aromatic rings. The van der Waals surface area contributed by atoms with Crippen molar-refractivity contribution in [3.63, 3.8) is 0 Å². The smallest absolute Gasteiger partial charge is 0.238 e. The molecule has 5 nitrogen and oxygen atoms in total. The Morgan fingerprint density at radius 2 is 2.26 bits per heavy atom. The number of hydrogen-bond acceptors (Lipinski definition) is 4.